The van der Waals surface area contributed by atoms with Crippen LogP contribution < -0.4 is 4.74 Å². The summed E-state index contributed by atoms with van der Waals surface area (Å²) in [5.41, 5.74) is 1.33. The monoisotopic (exact) mass is 263 g/mol. The molecule has 0 aliphatic carbocycles. The zero-order valence-corrected chi connectivity index (χ0v) is 12.0. The summed E-state index contributed by atoms with van der Waals surface area (Å²) in [4.78, 5) is 2.46. The molecule has 0 amide bonds. The van der Waals surface area contributed by atoms with Crippen molar-refractivity contribution >= 4 is 0 Å². The molecule has 0 radical (unpaired) electrons. The lowest BCUT2D eigenvalue weighted by Crippen LogP contribution is -2.34. The lowest BCUT2D eigenvalue weighted by atomic mass is 9.97. The first kappa shape index (κ1) is 14.4. The van der Waals surface area contributed by atoms with Crippen LogP contribution in [0.1, 0.15) is 32.3 Å². The highest BCUT2D eigenvalue weighted by Gasteiger charge is 2.18. The third-order valence-electron chi connectivity index (χ3n) is 3.67. The van der Waals surface area contributed by atoms with Crippen LogP contribution in [0.2, 0.25) is 0 Å². The van der Waals surface area contributed by atoms with E-state index in [2.05, 4.69) is 29.2 Å². The summed E-state index contributed by atoms with van der Waals surface area (Å²) in [6.45, 7) is 7.61. The molecule has 1 fully saturated rings. The Morgan fingerprint density at radius 1 is 1.21 bits per heavy atom. The van der Waals surface area contributed by atoms with Gasteiger partial charge >= 0.3 is 0 Å². The van der Waals surface area contributed by atoms with E-state index in [4.69, 9.17) is 9.84 Å². The van der Waals surface area contributed by atoms with Crippen LogP contribution in [0.4, 0.5) is 0 Å². The van der Waals surface area contributed by atoms with Crippen LogP contribution in [-0.2, 0) is 6.54 Å². The Balaban J connectivity index is 1.83. The molecule has 1 aliphatic rings. The molecule has 0 unspecified atom stereocenters. The quantitative estimate of drug-likeness (QED) is 0.886. The van der Waals surface area contributed by atoms with Crippen molar-refractivity contribution in [2.45, 2.75) is 39.3 Å². The number of likely N-dealkylation sites (tertiary alicyclic amines) is 1. The Labute approximate surface area is 116 Å². The number of benzene rings is 1. The van der Waals surface area contributed by atoms with Crippen molar-refractivity contribution in [1.82, 2.24) is 4.90 Å². The van der Waals surface area contributed by atoms with Gasteiger partial charge in [-0.3, -0.25) is 4.90 Å². The van der Waals surface area contributed by atoms with Gasteiger partial charge in [-0.25, -0.2) is 0 Å². The Morgan fingerprint density at radius 2 is 1.84 bits per heavy atom. The second-order valence-electron chi connectivity index (χ2n) is 5.71. The molecule has 1 aliphatic heterocycles. The number of ether oxygens (including phenoxy) is 1. The smallest absolute Gasteiger partial charge is 0.119 e. The Hall–Kier alpha value is -1.06. The van der Waals surface area contributed by atoms with Gasteiger partial charge in [0, 0.05) is 13.2 Å². The van der Waals surface area contributed by atoms with Crippen LogP contribution in [0, 0.1) is 5.92 Å². The number of hydrogen-bond acceptors (Lipinski definition) is 3. The molecule has 19 heavy (non-hydrogen) atoms. The summed E-state index contributed by atoms with van der Waals surface area (Å²) < 4.78 is 5.65. The van der Waals surface area contributed by atoms with E-state index in [1.165, 1.54) is 5.56 Å². The first-order chi connectivity index (χ1) is 9.17. The molecule has 0 atom stereocenters. The molecule has 1 saturated heterocycles. The molecule has 106 valence electrons. The molecular weight excluding hydrogens is 238 g/mol. The molecule has 0 spiro atoms. The number of aliphatic hydroxyl groups is 1. The van der Waals surface area contributed by atoms with E-state index >= 15 is 0 Å². The fourth-order valence-corrected chi connectivity index (χ4v) is 2.53. The molecule has 1 aromatic carbocycles. The van der Waals surface area contributed by atoms with Crippen LogP contribution in [0.15, 0.2) is 24.3 Å². The highest BCUT2D eigenvalue weighted by atomic mass is 16.5. The van der Waals surface area contributed by atoms with Gasteiger partial charge in [-0.2, -0.15) is 0 Å². The van der Waals surface area contributed by atoms with Crippen molar-refractivity contribution in [2.75, 3.05) is 19.7 Å². The van der Waals surface area contributed by atoms with Crippen molar-refractivity contribution < 1.29 is 9.84 Å². The van der Waals surface area contributed by atoms with E-state index in [1.807, 2.05) is 13.8 Å². The van der Waals surface area contributed by atoms with Gasteiger partial charge in [-0.05, 0) is 63.4 Å². The second-order valence-corrected chi connectivity index (χ2v) is 5.71. The number of hydrogen-bond donors (Lipinski definition) is 1. The fourth-order valence-electron chi connectivity index (χ4n) is 2.53. The van der Waals surface area contributed by atoms with E-state index in [1.54, 1.807) is 0 Å². The van der Waals surface area contributed by atoms with E-state index in [9.17, 15) is 0 Å². The maximum absolute atomic E-state index is 9.14. The van der Waals surface area contributed by atoms with Crippen molar-refractivity contribution in [1.29, 1.82) is 0 Å². The van der Waals surface area contributed by atoms with Crippen LogP contribution in [0.5, 0.6) is 5.75 Å². The number of aliphatic hydroxyl groups excluding tert-OH is 1. The lowest BCUT2D eigenvalue weighted by molar-refractivity contribution is 0.127. The van der Waals surface area contributed by atoms with Gasteiger partial charge in [0.25, 0.3) is 0 Å². The minimum atomic E-state index is 0.225. The molecule has 0 saturated carbocycles. The van der Waals surface area contributed by atoms with E-state index < -0.39 is 0 Å². The maximum Gasteiger partial charge on any atom is 0.119 e. The van der Waals surface area contributed by atoms with Crippen molar-refractivity contribution in [3.63, 3.8) is 0 Å². The Morgan fingerprint density at radius 3 is 2.37 bits per heavy atom. The molecule has 1 aromatic rings. The molecule has 1 N–H and O–H groups in total. The standard InChI is InChI=1S/C16H25NO2/c1-13(2)19-16-5-3-14(4-6-16)11-17-9-7-15(12-18)8-10-17/h3-6,13,15,18H,7-12H2,1-2H3. The predicted molar refractivity (Wildman–Crippen MR) is 77.3 cm³/mol. The average Bonchev–Trinajstić information content (AvgIpc) is 2.41. The average molecular weight is 263 g/mol. The summed E-state index contributed by atoms with van der Waals surface area (Å²) in [7, 11) is 0. The molecule has 1 heterocycles. The third kappa shape index (κ3) is 4.51. The first-order valence-electron chi connectivity index (χ1n) is 7.26. The third-order valence-corrected chi connectivity index (χ3v) is 3.67. The van der Waals surface area contributed by atoms with Crippen molar-refractivity contribution in [2.24, 2.45) is 5.92 Å². The van der Waals surface area contributed by atoms with Gasteiger partial charge in [-0.15, -0.1) is 0 Å². The topological polar surface area (TPSA) is 32.7 Å². The normalized spacial score (nSPS) is 17.9. The van der Waals surface area contributed by atoms with Gasteiger partial charge in [0.15, 0.2) is 0 Å². The van der Waals surface area contributed by atoms with Crippen molar-refractivity contribution in [3.8, 4) is 5.75 Å². The van der Waals surface area contributed by atoms with Crippen LogP contribution >= 0.6 is 0 Å². The fraction of sp³-hybridized carbons (Fsp3) is 0.625. The van der Waals surface area contributed by atoms with Gasteiger partial charge in [0.1, 0.15) is 5.75 Å². The summed E-state index contributed by atoms with van der Waals surface area (Å²) in [5, 5.41) is 9.14. The summed E-state index contributed by atoms with van der Waals surface area (Å²) >= 11 is 0. The van der Waals surface area contributed by atoms with Gasteiger partial charge in [0.05, 0.1) is 6.10 Å². The minimum absolute atomic E-state index is 0.225. The minimum Gasteiger partial charge on any atom is -0.491 e. The highest BCUT2D eigenvalue weighted by molar-refractivity contribution is 5.27. The van der Waals surface area contributed by atoms with Gasteiger partial charge < -0.3 is 9.84 Å². The maximum atomic E-state index is 9.14. The molecule has 3 nitrogen and oxygen atoms in total. The number of nitrogens with zero attached hydrogens (tertiary/aromatic N) is 1. The first-order valence-corrected chi connectivity index (χ1v) is 7.26. The largest absolute Gasteiger partial charge is 0.491 e. The van der Waals surface area contributed by atoms with E-state index in [0.29, 0.717) is 12.5 Å². The molecule has 0 aromatic heterocycles. The van der Waals surface area contributed by atoms with Gasteiger partial charge in [-0.1, -0.05) is 12.1 Å². The van der Waals surface area contributed by atoms with Gasteiger partial charge in [0.2, 0.25) is 0 Å². The van der Waals surface area contributed by atoms with Crippen LogP contribution in [-0.4, -0.2) is 35.8 Å². The number of rotatable bonds is 5. The lowest BCUT2D eigenvalue weighted by Gasteiger charge is -2.31. The van der Waals surface area contributed by atoms with Crippen LogP contribution in [0.25, 0.3) is 0 Å². The van der Waals surface area contributed by atoms with E-state index in [0.717, 1.165) is 38.2 Å². The summed E-state index contributed by atoms with van der Waals surface area (Å²) in [6, 6.07) is 8.40. The Bertz CT molecular complexity index is 367. The Kier molecular flexibility index (Phi) is 5.23. The number of piperidine rings is 1. The predicted octanol–water partition coefficient (Wildman–Crippen LogP) is 2.68. The summed E-state index contributed by atoms with van der Waals surface area (Å²) in [5.74, 6) is 1.45. The zero-order valence-electron chi connectivity index (χ0n) is 12.0. The van der Waals surface area contributed by atoms with E-state index in [-0.39, 0.29) is 6.10 Å². The molecule has 3 heteroatoms. The SMILES string of the molecule is CC(C)Oc1ccc(CN2CCC(CO)CC2)cc1. The van der Waals surface area contributed by atoms with Crippen LogP contribution in [0.3, 0.4) is 0 Å². The van der Waals surface area contributed by atoms with Crippen molar-refractivity contribution in [3.05, 3.63) is 29.8 Å². The summed E-state index contributed by atoms with van der Waals surface area (Å²) in [6.07, 6.45) is 2.46. The second kappa shape index (κ2) is 6.92. The molecular formula is C16H25NO2. The zero-order chi connectivity index (χ0) is 13.7. The molecule has 0 bridgehead atoms. The molecule has 2 rings (SSSR count). The highest BCUT2D eigenvalue weighted by Crippen LogP contribution is 2.20.